The summed E-state index contributed by atoms with van der Waals surface area (Å²) in [7, 11) is 0. The van der Waals surface area contributed by atoms with Gasteiger partial charge in [-0.15, -0.1) is 0 Å². The first-order chi connectivity index (χ1) is 11.4. The van der Waals surface area contributed by atoms with Crippen LogP contribution in [0.2, 0.25) is 0 Å². The molecule has 0 aromatic heterocycles. The van der Waals surface area contributed by atoms with Gasteiger partial charge in [-0.25, -0.2) is 0 Å². The third kappa shape index (κ3) is 7.46. The summed E-state index contributed by atoms with van der Waals surface area (Å²) in [6, 6.07) is 6.22. The van der Waals surface area contributed by atoms with Gasteiger partial charge in [-0.1, -0.05) is 19.4 Å². The van der Waals surface area contributed by atoms with Crippen molar-refractivity contribution >= 4 is 11.8 Å². The lowest BCUT2D eigenvalue weighted by Gasteiger charge is -2.06. The van der Waals surface area contributed by atoms with E-state index in [0.29, 0.717) is 13.4 Å². The summed E-state index contributed by atoms with van der Waals surface area (Å²) in [4.78, 5) is 0. The zero-order valence-electron chi connectivity index (χ0n) is 14.1. The van der Waals surface area contributed by atoms with Gasteiger partial charge in [0.1, 0.15) is 0 Å². The van der Waals surface area contributed by atoms with E-state index in [1.165, 1.54) is 18.4 Å². The van der Waals surface area contributed by atoms with E-state index in [9.17, 15) is 0 Å². The summed E-state index contributed by atoms with van der Waals surface area (Å²) in [5, 5.41) is 0. The number of unbranched alkanes of at least 4 members (excludes halogenated alkanes) is 1. The Hall–Kier alpha value is -0.910. The topological polar surface area (TPSA) is 36.9 Å². The fraction of sp³-hybridized carbons (Fsp3) is 0.667. The number of thioether (sulfide) groups is 1. The predicted molar refractivity (Wildman–Crippen MR) is 94.8 cm³/mol. The Balaban J connectivity index is 1.40. The predicted octanol–water partition coefficient (Wildman–Crippen LogP) is 3.91. The highest BCUT2D eigenvalue weighted by atomic mass is 32.2. The maximum absolute atomic E-state index is 5.55. The van der Waals surface area contributed by atoms with Crippen LogP contribution in [0.1, 0.15) is 31.7 Å². The van der Waals surface area contributed by atoms with E-state index in [-0.39, 0.29) is 0 Å². The molecule has 0 bridgehead atoms. The van der Waals surface area contributed by atoms with Crippen molar-refractivity contribution in [2.45, 2.75) is 32.6 Å². The molecular formula is C18H28O4S. The van der Waals surface area contributed by atoms with Crippen molar-refractivity contribution < 1.29 is 18.9 Å². The molecule has 0 fully saturated rings. The van der Waals surface area contributed by atoms with Gasteiger partial charge >= 0.3 is 0 Å². The molecule has 0 amide bonds. The van der Waals surface area contributed by atoms with Crippen molar-refractivity contribution in [3.8, 4) is 11.5 Å². The molecular weight excluding hydrogens is 312 g/mol. The maximum Gasteiger partial charge on any atom is 0.231 e. The van der Waals surface area contributed by atoms with E-state index >= 15 is 0 Å². The number of ether oxygens (including phenoxy) is 4. The van der Waals surface area contributed by atoms with Crippen LogP contribution in [0.5, 0.6) is 11.5 Å². The second-order valence-corrected chi connectivity index (χ2v) is 6.71. The SMILES string of the molecule is CCCCOCCOCCSCCCc1ccc2c(c1)OCO2. The fourth-order valence-electron chi connectivity index (χ4n) is 2.26. The molecule has 1 aliphatic heterocycles. The summed E-state index contributed by atoms with van der Waals surface area (Å²) < 4.78 is 21.7. The van der Waals surface area contributed by atoms with Crippen LogP contribution in [-0.4, -0.2) is 44.7 Å². The van der Waals surface area contributed by atoms with Crippen LogP contribution < -0.4 is 9.47 Å². The van der Waals surface area contributed by atoms with Crippen molar-refractivity contribution in [3.05, 3.63) is 23.8 Å². The van der Waals surface area contributed by atoms with Crippen molar-refractivity contribution in [2.24, 2.45) is 0 Å². The first kappa shape index (κ1) is 18.4. The normalized spacial score (nSPS) is 12.7. The molecule has 1 aliphatic rings. The molecule has 0 saturated heterocycles. The second-order valence-electron chi connectivity index (χ2n) is 5.48. The van der Waals surface area contributed by atoms with E-state index in [4.69, 9.17) is 18.9 Å². The van der Waals surface area contributed by atoms with Crippen molar-refractivity contribution in [1.82, 2.24) is 0 Å². The van der Waals surface area contributed by atoms with Gasteiger partial charge in [0, 0.05) is 12.4 Å². The van der Waals surface area contributed by atoms with Gasteiger partial charge in [0.15, 0.2) is 11.5 Å². The van der Waals surface area contributed by atoms with Gasteiger partial charge < -0.3 is 18.9 Å². The Morgan fingerprint density at radius 3 is 2.65 bits per heavy atom. The lowest BCUT2D eigenvalue weighted by molar-refractivity contribution is 0.0527. The molecule has 2 rings (SSSR count). The van der Waals surface area contributed by atoms with Crippen LogP contribution in [-0.2, 0) is 15.9 Å². The van der Waals surface area contributed by atoms with E-state index < -0.39 is 0 Å². The zero-order valence-corrected chi connectivity index (χ0v) is 14.9. The minimum atomic E-state index is 0.346. The molecule has 4 nitrogen and oxygen atoms in total. The number of hydrogen-bond donors (Lipinski definition) is 0. The molecule has 0 radical (unpaired) electrons. The summed E-state index contributed by atoms with van der Waals surface area (Å²) in [6.07, 6.45) is 4.57. The van der Waals surface area contributed by atoms with E-state index in [1.807, 2.05) is 17.8 Å². The van der Waals surface area contributed by atoms with Gasteiger partial charge in [-0.05, 0) is 42.7 Å². The van der Waals surface area contributed by atoms with Crippen molar-refractivity contribution in [3.63, 3.8) is 0 Å². The summed E-state index contributed by atoms with van der Waals surface area (Å²) in [5.74, 6) is 3.95. The molecule has 130 valence electrons. The Morgan fingerprint density at radius 2 is 1.78 bits per heavy atom. The molecule has 0 atom stereocenters. The Morgan fingerprint density at radius 1 is 0.957 bits per heavy atom. The smallest absolute Gasteiger partial charge is 0.231 e. The minimum absolute atomic E-state index is 0.346. The average molecular weight is 340 g/mol. The van der Waals surface area contributed by atoms with Gasteiger partial charge in [-0.3, -0.25) is 0 Å². The second kappa shape index (κ2) is 11.6. The van der Waals surface area contributed by atoms with Crippen LogP contribution in [0.15, 0.2) is 18.2 Å². The fourth-order valence-corrected chi connectivity index (χ4v) is 3.05. The lowest BCUT2D eigenvalue weighted by Crippen LogP contribution is -2.07. The number of aryl methyl sites for hydroxylation is 1. The van der Waals surface area contributed by atoms with Crippen LogP contribution in [0, 0.1) is 0 Å². The third-order valence-electron chi connectivity index (χ3n) is 3.58. The Labute approximate surface area is 143 Å². The molecule has 5 heteroatoms. The maximum atomic E-state index is 5.55. The number of fused-ring (bicyclic) bond motifs is 1. The molecule has 1 aromatic carbocycles. The van der Waals surface area contributed by atoms with Crippen LogP contribution >= 0.6 is 11.8 Å². The molecule has 0 spiro atoms. The Bertz CT molecular complexity index is 439. The van der Waals surface area contributed by atoms with Crippen LogP contribution in [0.25, 0.3) is 0 Å². The first-order valence-corrected chi connectivity index (χ1v) is 9.67. The van der Waals surface area contributed by atoms with Crippen molar-refractivity contribution in [2.75, 3.05) is 44.7 Å². The molecule has 1 aromatic rings. The molecule has 0 unspecified atom stereocenters. The highest BCUT2D eigenvalue weighted by Gasteiger charge is 2.12. The van der Waals surface area contributed by atoms with E-state index in [1.54, 1.807) is 0 Å². The number of rotatable bonds is 13. The standard InChI is InChI=1S/C18H28O4S/c1-2-3-8-19-9-10-20-11-13-23-12-4-5-16-6-7-17-18(14-16)22-15-21-17/h6-7,14H,2-5,8-13,15H2,1H3. The van der Waals surface area contributed by atoms with Gasteiger partial charge in [0.05, 0.1) is 19.8 Å². The lowest BCUT2D eigenvalue weighted by atomic mass is 10.1. The highest BCUT2D eigenvalue weighted by molar-refractivity contribution is 7.99. The van der Waals surface area contributed by atoms with Gasteiger partial charge in [0.2, 0.25) is 6.79 Å². The molecule has 0 N–H and O–H groups in total. The third-order valence-corrected chi connectivity index (χ3v) is 4.61. The van der Waals surface area contributed by atoms with Gasteiger partial charge in [0.25, 0.3) is 0 Å². The number of benzene rings is 1. The van der Waals surface area contributed by atoms with Crippen molar-refractivity contribution in [1.29, 1.82) is 0 Å². The quantitative estimate of drug-likeness (QED) is 0.509. The van der Waals surface area contributed by atoms with E-state index in [2.05, 4.69) is 19.1 Å². The van der Waals surface area contributed by atoms with Gasteiger partial charge in [-0.2, -0.15) is 11.8 Å². The monoisotopic (exact) mass is 340 g/mol. The molecule has 0 aliphatic carbocycles. The minimum Gasteiger partial charge on any atom is -0.454 e. The highest BCUT2D eigenvalue weighted by Crippen LogP contribution is 2.32. The largest absolute Gasteiger partial charge is 0.454 e. The van der Waals surface area contributed by atoms with Crippen LogP contribution in [0.4, 0.5) is 0 Å². The number of hydrogen-bond acceptors (Lipinski definition) is 5. The van der Waals surface area contributed by atoms with E-state index in [0.717, 1.165) is 55.7 Å². The molecule has 23 heavy (non-hydrogen) atoms. The summed E-state index contributed by atoms with van der Waals surface area (Å²) in [5.41, 5.74) is 1.32. The van der Waals surface area contributed by atoms with Crippen LogP contribution in [0.3, 0.4) is 0 Å². The molecule has 1 heterocycles. The molecule has 0 saturated carbocycles. The summed E-state index contributed by atoms with van der Waals surface area (Å²) in [6.45, 7) is 5.61. The first-order valence-electron chi connectivity index (χ1n) is 8.52. The Kier molecular flexibility index (Phi) is 9.29. The zero-order chi connectivity index (χ0) is 16.2. The summed E-state index contributed by atoms with van der Waals surface area (Å²) >= 11 is 1.95. The average Bonchev–Trinajstić information content (AvgIpc) is 3.03.